The molecule has 2 unspecified atom stereocenters. The third-order valence-electron chi connectivity index (χ3n) is 15.8. The Bertz CT molecular complexity index is 3450. The first-order chi connectivity index (χ1) is 38.8. The molecule has 6 aromatic rings. The highest BCUT2D eigenvalue weighted by molar-refractivity contribution is 5.97. The molecule has 22 N–H and O–H groups in total. The molecule has 10 rings (SSSR count). The van der Waals surface area contributed by atoms with Gasteiger partial charge < -0.3 is 140 Å². The van der Waals surface area contributed by atoms with E-state index in [1.54, 1.807) is 0 Å². The molecule has 0 spiro atoms. The van der Waals surface area contributed by atoms with E-state index in [1.165, 1.54) is 0 Å². The van der Waals surface area contributed by atoms with Gasteiger partial charge in [-0.1, -0.05) is 0 Å². The molecule has 2 saturated carbocycles. The van der Waals surface area contributed by atoms with Crippen molar-refractivity contribution in [3.8, 4) is 46.0 Å². The number of aromatic hydroxyl groups is 6. The largest absolute Gasteiger partial charge is 0.507 e. The maximum absolute atomic E-state index is 13.6. The topological polar surface area (TPSA) is 542 Å². The fourth-order valence-corrected chi connectivity index (χ4v) is 11.1. The monoisotopic (exact) mass is 1160 g/mol. The van der Waals surface area contributed by atoms with E-state index < -0.39 is 210 Å². The van der Waals surface area contributed by atoms with E-state index >= 15 is 0 Å². The van der Waals surface area contributed by atoms with E-state index in [4.69, 9.17) is 27.8 Å². The number of hydrogen-bond donors (Lipinski definition) is 22. The zero-order valence-electron chi connectivity index (χ0n) is 42.4. The van der Waals surface area contributed by atoms with Crippen molar-refractivity contribution in [3.05, 3.63) is 68.0 Å². The molecule has 4 aliphatic rings. The maximum atomic E-state index is 13.6. The Kier molecular flexibility index (Phi) is 17.1. The SMILES string of the molecule is O=c1c2cc(O)c(O[C@@H]3O[C@H](CO)[C@@H](O)[C@H](O)[C@H]3O)cc2oc2cc(O)c(C3C[C@H](CO)[C@@H](O)[C@H](O)[C@H]3O)c(O)c12.O=c1c2cc(O[C@@H]3O[C@H](CO)[C@@H](O)[C@H](O)[C@H]3O)c(O)cc2oc2cc(O)c(C3C[C@H](CO)[C@@H](O)[C@H](O)[C@H]3O)c(O)c12. The van der Waals surface area contributed by atoms with Gasteiger partial charge in [0.25, 0.3) is 0 Å². The van der Waals surface area contributed by atoms with E-state index in [2.05, 4.69) is 0 Å². The Morgan fingerprint density at radius 3 is 1.15 bits per heavy atom. The second-order valence-electron chi connectivity index (χ2n) is 20.7. The molecule has 82 heavy (non-hydrogen) atoms. The minimum absolute atomic E-state index is 0.152. The summed E-state index contributed by atoms with van der Waals surface area (Å²) in [6, 6.07) is 5.95. The van der Waals surface area contributed by atoms with Gasteiger partial charge in [0.1, 0.15) is 117 Å². The number of phenols is 6. The van der Waals surface area contributed by atoms with E-state index in [-0.39, 0.29) is 62.8 Å². The van der Waals surface area contributed by atoms with Crippen molar-refractivity contribution in [3.63, 3.8) is 0 Å². The standard InChI is InChI=1S/2C26H30O15/c27-5-7-1-9(20(33)23(36)18(7)31)16-11(30)4-14-17(22(16)35)19(32)8-2-13(10(29)3-12(8)39-14)40-26-25(38)24(37)21(34)15(6-28)41-26;27-5-7-1-9(20(33)23(36)18(7)31)16-11(30)3-14-17(22(16)35)19(32)8-2-10(29)13(4-12(8)39-14)40-26-25(38)24(37)21(34)15(6-28)41-26/h2*2-4,7,9,15,18,20-21,23-31,33-38H,1,5-6H2/t2*7-,9?,15-,18-,20+,21-,23+,24+,25-,26-/m11/s1. The lowest BCUT2D eigenvalue weighted by Gasteiger charge is -2.40. The van der Waals surface area contributed by atoms with Gasteiger partial charge in [-0.3, -0.25) is 9.59 Å². The van der Waals surface area contributed by atoms with Crippen molar-refractivity contribution in [2.24, 2.45) is 11.8 Å². The number of aliphatic hydroxyl groups is 16. The zero-order valence-corrected chi connectivity index (χ0v) is 42.4. The number of hydrogen-bond acceptors (Lipinski definition) is 30. The Hall–Kier alpha value is -6.50. The van der Waals surface area contributed by atoms with Gasteiger partial charge in [-0.2, -0.15) is 0 Å². The van der Waals surface area contributed by atoms with Gasteiger partial charge >= 0.3 is 0 Å². The average molecular weight is 1170 g/mol. The molecule has 2 aromatic heterocycles. The van der Waals surface area contributed by atoms with Gasteiger partial charge in [0.2, 0.25) is 23.4 Å². The summed E-state index contributed by atoms with van der Waals surface area (Å²) < 4.78 is 32.8. The number of fused-ring (bicyclic) bond motifs is 4. The highest BCUT2D eigenvalue weighted by Gasteiger charge is 2.49. The predicted molar refractivity (Wildman–Crippen MR) is 271 cm³/mol. The third-order valence-corrected chi connectivity index (χ3v) is 15.8. The smallest absolute Gasteiger partial charge is 0.229 e. The molecule has 4 heterocycles. The molecule has 448 valence electrons. The molecule has 0 amide bonds. The van der Waals surface area contributed by atoms with Crippen LogP contribution in [0.4, 0.5) is 0 Å². The molecule has 20 atom stereocenters. The molecule has 0 bridgehead atoms. The molecule has 30 heteroatoms. The van der Waals surface area contributed by atoms with Crippen molar-refractivity contribution >= 4 is 43.9 Å². The molecule has 0 radical (unpaired) electrons. The molecule has 2 saturated heterocycles. The predicted octanol–water partition coefficient (Wildman–Crippen LogP) is -5.16. The Morgan fingerprint density at radius 1 is 0.390 bits per heavy atom. The van der Waals surface area contributed by atoms with E-state index in [0.29, 0.717) is 0 Å². The van der Waals surface area contributed by atoms with Crippen LogP contribution in [0.15, 0.2) is 54.8 Å². The van der Waals surface area contributed by atoms with Gasteiger partial charge in [0.05, 0.1) is 48.4 Å². The first-order valence-electron chi connectivity index (χ1n) is 25.4. The van der Waals surface area contributed by atoms with Crippen LogP contribution in [0.2, 0.25) is 0 Å². The van der Waals surface area contributed by atoms with E-state index in [1.807, 2.05) is 0 Å². The highest BCUT2D eigenvalue weighted by Crippen LogP contribution is 2.49. The minimum atomic E-state index is -1.82. The Balaban J connectivity index is 0.000000198. The third kappa shape index (κ3) is 10.3. The molecular weight excluding hydrogens is 1100 g/mol. The summed E-state index contributed by atoms with van der Waals surface area (Å²) in [5, 5.41) is 224. The van der Waals surface area contributed by atoms with Crippen molar-refractivity contribution in [1.82, 2.24) is 0 Å². The fraction of sp³-hybridized carbons (Fsp3) is 0.500. The quantitative estimate of drug-likeness (QED) is 0.0570. The fourth-order valence-electron chi connectivity index (χ4n) is 11.1. The second-order valence-corrected chi connectivity index (χ2v) is 20.7. The summed E-state index contributed by atoms with van der Waals surface area (Å²) in [5.41, 5.74) is -3.39. The first-order valence-corrected chi connectivity index (χ1v) is 25.4. The normalized spacial score (nSPS) is 34.2. The maximum Gasteiger partial charge on any atom is 0.229 e. The molecule has 2 aliphatic heterocycles. The molecule has 2 aliphatic carbocycles. The number of rotatable bonds is 10. The van der Waals surface area contributed by atoms with E-state index in [9.17, 15) is 122 Å². The van der Waals surface area contributed by atoms with Crippen molar-refractivity contribution in [2.75, 3.05) is 26.4 Å². The van der Waals surface area contributed by atoms with Crippen LogP contribution in [0, 0.1) is 11.8 Å². The molecular formula is C52H60O30. The number of aliphatic hydroxyl groups excluding tert-OH is 16. The number of benzene rings is 4. The highest BCUT2D eigenvalue weighted by atomic mass is 16.7. The van der Waals surface area contributed by atoms with Crippen LogP contribution in [0.25, 0.3) is 43.9 Å². The second kappa shape index (κ2) is 23.3. The average Bonchev–Trinajstić information content (AvgIpc) is 3.33. The van der Waals surface area contributed by atoms with Gasteiger partial charge in [-0.25, -0.2) is 0 Å². The van der Waals surface area contributed by atoms with Crippen molar-refractivity contribution in [1.29, 1.82) is 0 Å². The summed E-state index contributed by atoms with van der Waals surface area (Å²) in [4.78, 5) is 27.0. The van der Waals surface area contributed by atoms with Gasteiger partial charge in [0, 0.05) is 72.3 Å². The van der Waals surface area contributed by atoms with Crippen LogP contribution in [-0.2, 0) is 9.47 Å². The number of phenolic OH excluding ortho intramolecular Hbond substituents is 6. The Labute approximate surface area is 458 Å². The molecule has 4 aromatic carbocycles. The summed E-state index contributed by atoms with van der Waals surface area (Å²) in [5.74, 6) is -9.05. The van der Waals surface area contributed by atoms with Crippen molar-refractivity contribution < 1.29 is 140 Å². The zero-order chi connectivity index (χ0) is 59.8. The summed E-state index contributed by atoms with van der Waals surface area (Å²) in [7, 11) is 0. The summed E-state index contributed by atoms with van der Waals surface area (Å²) in [6.07, 6.45) is -26.4. The van der Waals surface area contributed by atoms with Crippen LogP contribution in [0.3, 0.4) is 0 Å². The first kappa shape index (κ1) is 60.1. The van der Waals surface area contributed by atoms with Gasteiger partial charge in [-0.15, -0.1) is 0 Å². The lowest BCUT2D eigenvalue weighted by Crippen LogP contribution is -2.60. The lowest BCUT2D eigenvalue weighted by atomic mass is 9.72. The van der Waals surface area contributed by atoms with Crippen molar-refractivity contribution in [2.45, 2.75) is 123 Å². The van der Waals surface area contributed by atoms with Gasteiger partial charge in [-0.05, 0) is 25.0 Å². The van der Waals surface area contributed by atoms with Crippen LogP contribution in [0.1, 0.15) is 35.8 Å². The summed E-state index contributed by atoms with van der Waals surface area (Å²) in [6.45, 7) is -2.58. The van der Waals surface area contributed by atoms with E-state index in [0.717, 1.165) is 36.4 Å². The minimum Gasteiger partial charge on any atom is -0.507 e. The van der Waals surface area contributed by atoms with Crippen LogP contribution in [-0.4, -0.2) is 237 Å². The molecule has 30 nitrogen and oxygen atoms in total. The lowest BCUT2D eigenvalue weighted by molar-refractivity contribution is -0.277. The van der Waals surface area contributed by atoms with Crippen LogP contribution in [0.5, 0.6) is 46.0 Å². The number of ether oxygens (including phenoxy) is 4. The van der Waals surface area contributed by atoms with Crippen LogP contribution < -0.4 is 20.3 Å². The van der Waals surface area contributed by atoms with Crippen LogP contribution >= 0.6 is 0 Å². The Morgan fingerprint density at radius 2 is 0.744 bits per heavy atom. The molecule has 4 fully saturated rings. The summed E-state index contributed by atoms with van der Waals surface area (Å²) >= 11 is 0. The van der Waals surface area contributed by atoms with Gasteiger partial charge in [0.15, 0.2) is 23.0 Å².